The van der Waals surface area contributed by atoms with E-state index in [0.29, 0.717) is 19.5 Å². The maximum Gasteiger partial charge on any atom is 0.221 e. The minimum absolute atomic E-state index is 0.0877. The summed E-state index contributed by atoms with van der Waals surface area (Å²) in [7, 11) is 0. The first-order chi connectivity index (χ1) is 8.22. The molecule has 90 valence electrons. The van der Waals surface area contributed by atoms with Gasteiger partial charge in [0, 0.05) is 19.5 Å². The van der Waals surface area contributed by atoms with Gasteiger partial charge in [-0.3, -0.25) is 4.79 Å². The molecule has 0 aliphatic rings. The van der Waals surface area contributed by atoms with Gasteiger partial charge in [-0.15, -0.1) is 0 Å². The van der Waals surface area contributed by atoms with Gasteiger partial charge >= 0.3 is 0 Å². The number of aryl methyl sites for hydroxylation is 2. The third kappa shape index (κ3) is 2.46. The average molecular weight is 231 g/mol. The van der Waals surface area contributed by atoms with E-state index < -0.39 is 0 Å². The van der Waals surface area contributed by atoms with Crippen LogP contribution in [0.25, 0.3) is 11.0 Å². The van der Waals surface area contributed by atoms with Crippen LogP contribution in [-0.2, 0) is 11.3 Å². The van der Waals surface area contributed by atoms with Crippen molar-refractivity contribution in [2.45, 2.75) is 26.8 Å². The van der Waals surface area contributed by atoms with Crippen molar-refractivity contribution in [2.24, 2.45) is 0 Å². The number of rotatable bonds is 4. The highest BCUT2D eigenvalue weighted by molar-refractivity contribution is 5.77. The van der Waals surface area contributed by atoms with Crippen molar-refractivity contribution in [1.29, 1.82) is 0 Å². The van der Waals surface area contributed by atoms with E-state index in [1.165, 1.54) is 0 Å². The summed E-state index contributed by atoms with van der Waals surface area (Å²) in [6, 6.07) is 7.99. The zero-order valence-electron chi connectivity index (χ0n) is 10.2. The van der Waals surface area contributed by atoms with Crippen LogP contribution >= 0.6 is 0 Å². The summed E-state index contributed by atoms with van der Waals surface area (Å²) < 4.78 is 2.09. The van der Waals surface area contributed by atoms with Crippen LogP contribution in [0.5, 0.6) is 0 Å². The molecule has 0 radical (unpaired) electrons. The standard InChI is InChI=1S/C13H17N3O/c1-3-14-13(17)8-9-16-10(2)15-11-6-4-5-7-12(11)16/h4-7H,3,8-9H2,1-2H3,(H,14,17). The fraction of sp³-hybridized carbons (Fsp3) is 0.385. The molecule has 1 aromatic heterocycles. The largest absolute Gasteiger partial charge is 0.356 e. The molecule has 4 nitrogen and oxygen atoms in total. The summed E-state index contributed by atoms with van der Waals surface area (Å²) in [5, 5.41) is 2.80. The van der Waals surface area contributed by atoms with Gasteiger partial charge in [0.15, 0.2) is 0 Å². The molecule has 1 amide bonds. The summed E-state index contributed by atoms with van der Waals surface area (Å²) in [5.41, 5.74) is 2.08. The number of carbonyl (C=O) groups excluding carboxylic acids is 1. The van der Waals surface area contributed by atoms with Gasteiger partial charge in [0.05, 0.1) is 11.0 Å². The van der Waals surface area contributed by atoms with Crippen LogP contribution in [0.1, 0.15) is 19.2 Å². The molecular weight excluding hydrogens is 214 g/mol. The first-order valence-electron chi connectivity index (χ1n) is 5.91. The zero-order valence-corrected chi connectivity index (χ0v) is 10.2. The van der Waals surface area contributed by atoms with Crippen LogP contribution in [0.3, 0.4) is 0 Å². The van der Waals surface area contributed by atoms with Crippen molar-refractivity contribution >= 4 is 16.9 Å². The molecular formula is C13H17N3O. The molecule has 0 fully saturated rings. The lowest BCUT2D eigenvalue weighted by Gasteiger charge is -2.06. The van der Waals surface area contributed by atoms with Crippen LogP contribution in [-0.4, -0.2) is 22.0 Å². The number of para-hydroxylation sites is 2. The molecule has 1 N–H and O–H groups in total. The number of hydrogen-bond donors (Lipinski definition) is 1. The Labute approximate surface area is 101 Å². The minimum atomic E-state index is 0.0877. The van der Waals surface area contributed by atoms with Crippen molar-refractivity contribution in [3.63, 3.8) is 0 Å². The predicted molar refractivity (Wildman–Crippen MR) is 67.8 cm³/mol. The molecule has 0 aliphatic carbocycles. The van der Waals surface area contributed by atoms with E-state index in [9.17, 15) is 4.79 Å². The highest BCUT2D eigenvalue weighted by Gasteiger charge is 2.07. The average Bonchev–Trinajstić information content (AvgIpc) is 2.62. The molecule has 2 aromatic rings. The number of carbonyl (C=O) groups is 1. The van der Waals surface area contributed by atoms with Crippen LogP contribution in [0.4, 0.5) is 0 Å². The highest BCUT2D eigenvalue weighted by atomic mass is 16.1. The SMILES string of the molecule is CCNC(=O)CCn1c(C)nc2ccccc21. The van der Waals surface area contributed by atoms with Gasteiger partial charge < -0.3 is 9.88 Å². The summed E-state index contributed by atoms with van der Waals surface area (Å²) in [6.45, 7) is 5.26. The Morgan fingerprint density at radius 3 is 2.94 bits per heavy atom. The summed E-state index contributed by atoms with van der Waals surface area (Å²) in [6.07, 6.45) is 0.495. The van der Waals surface area contributed by atoms with Gasteiger partial charge in [0.1, 0.15) is 5.82 Å². The lowest BCUT2D eigenvalue weighted by Crippen LogP contribution is -2.23. The third-order valence-electron chi connectivity index (χ3n) is 2.78. The van der Waals surface area contributed by atoms with Crippen molar-refractivity contribution in [2.75, 3.05) is 6.54 Å². The molecule has 1 heterocycles. The Morgan fingerprint density at radius 1 is 1.41 bits per heavy atom. The number of nitrogens with one attached hydrogen (secondary N) is 1. The number of aromatic nitrogens is 2. The maximum absolute atomic E-state index is 11.4. The lowest BCUT2D eigenvalue weighted by atomic mass is 10.3. The fourth-order valence-corrected chi connectivity index (χ4v) is 1.98. The Morgan fingerprint density at radius 2 is 2.18 bits per heavy atom. The Balaban J connectivity index is 2.18. The van der Waals surface area contributed by atoms with Gasteiger partial charge in [-0.1, -0.05) is 12.1 Å². The number of fused-ring (bicyclic) bond motifs is 1. The number of imidazole rings is 1. The molecule has 2 rings (SSSR count). The Bertz CT molecular complexity index is 530. The number of hydrogen-bond acceptors (Lipinski definition) is 2. The smallest absolute Gasteiger partial charge is 0.221 e. The summed E-state index contributed by atoms with van der Waals surface area (Å²) in [4.78, 5) is 15.9. The normalized spacial score (nSPS) is 10.7. The van der Waals surface area contributed by atoms with Crippen molar-refractivity contribution in [3.8, 4) is 0 Å². The van der Waals surface area contributed by atoms with E-state index in [1.807, 2.05) is 38.1 Å². The monoisotopic (exact) mass is 231 g/mol. The van der Waals surface area contributed by atoms with Gasteiger partial charge in [-0.2, -0.15) is 0 Å². The van der Waals surface area contributed by atoms with Gasteiger partial charge in [0.2, 0.25) is 5.91 Å². The first kappa shape index (κ1) is 11.6. The second-order valence-corrected chi connectivity index (χ2v) is 4.00. The molecule has 17 heavy (non-hydrogen) atoms. The van der Waals surface area contributed by atoms with E-state index in [1.54, 1.807) is 0 Å². The predicted octanol–water partition coefficient (Wildman–Crippen LogP) is 1.87. The minimum Gasteiger partial charge on any atom is -0.356 e. The molecule has 0 aliphatic heterocycles. The molecule has 0 saturated carbocycles. The van der Waals surface area contributed by atoms with Gasteiger partial charge in [-0.25, -0.2) is 4.98 Å². The lowest BCUT2D eigenvalue weighted by molar-refractivity contribution is -0.121. The van der Waals surface area contributed by atoms with Crippen molar-refractivity contribution < 1.29 is 4.79 Å². The van der Waals surface area contributed by atoms with Crippen molar-refractivity contribution in [3.05, 3.63) is 30.1 Å². The van der Waals surface area contributed by atoms with Crippen LogP contribution in [0.2, 0.25) is 0 Å². The first-order valence-corrected chi connectivity index (χ1v) is 5.91. The topological polar surface area (TPSA) is 46.9 Å². The van der Waals surface area contributed by atoms with Crippen molar-refractivity contribution in [1.82, 2.24) is 14.9 Å². The van der Waals surface area contributed by atoms with E-state index in [2.05, 4.69) is 14.9 Å². The Hall–Kier alpha value is -1.84. The second-order valence-electron chi connectivity index (χ2n) is 4.00. The summed E-state index contributed by atoms with van der Waals surface area (Å²) >= 11 is 0. The molecule has 0 unspecified atom stereocenters. The molecule has 0 saturated heterocycles. The third-order valence-corrected chi connectivity index (χ3v) is 2.78. The van der Waals surface area contributed by atoms with Gasteiger partial charge in [0.25, 0.3) is 0 Å². The number of amides is 1. The zero-order chi connectivity index (χ0) is 12.3. The molecule has 0 atom stereocenters. The second kappa shape index (κ2) is 4.99. The number of nitrogens with zero attached hydrogens (tertiary/aromatic N) is 2. The summed E-state index contributed by atoms with van der Waals surface area (Å²) in [5.74, 6) is 1.04. The molecule has 4 heteroatoms. The van der Waals surface area contributed by atoms with E-state index >= 15 is 0 Å². The van der Waals surface area contributed by atoms with E-state index in [-0.39, 0.29) is 5.91 Å². The maximum atomic E-state index is 11.4. The molecule has 1 aromatic carbocycles. The highest BCUT2D eigenvalue weighted by Crippen LogP contribution is 2.15. The van der Waals surface area contributed by atoms with Gasteiger partial charge in [-0.05, 0) is 26.0 Å². The molecule has 0 bridgehead atoms. The van der Waals surface area contributed by atoms with E-state index in [4.69, 9.17) is 0 Å². The Kier molecular flexibility index (Phi) is 3.42. The van der Waals surface area contributed by atoms with Crippen LogP contribution in [0, 0.1) is 6.92 Å². The van der Waals surface area contributed by atoms with Crippen LogP contribution in [0.15, 0.2) is 24.3 Å². The number of benzene rings is 1. The van der Waals surface area contributed by atoms with Crippen LogP contribution < -0.4 is 5.32 Å². The fourth-order valence-electron chi connectivity index (χ4n) is 1.98. The molecule has 0 spiro atoms. The van der Waals surface area contributed by atoms with E-state index in [0.717, 1.165) is 16.9 Å². The quantitative estimate of drug-likeness (QED) is 0.873.